The number of alkyl halides is 2. The molecule has 142 valence electrons. The Morgan fingerprint density at radius 2 is 1.85 bits per heavy atom. The summed E-state index contributed by atoms with van der Waals surface area (Å²) in [5, 5.41) is 2.60. The van der Waals surface area contributed by atoms with Gasteiger partial charge in [-0.3, -0.25) is 9.59 Å². The number of rotatable bonds is 7. The van der Waals surface area contributed by atoms with Gasteiger partial charge in [0.25, 0.3) is 0 Å². The first-order valence-electron chi connectivity index (χ1n) is 8.69. The highest BCUT2D eigenvalue weighted by atomic mass is 19.3. The quantitative estimate of drug-likeness (QED) is 0.809. The van der Waals surface area contributed by atoms with Gasteiger partial charge < -0.3 is 15.0 Å². The van der Waals surface area contributed by atoms with E-state index in [1.54, 1.807) is 11.0 Å². The Kier molecular flexibility index (Phi) is 6.01. The van der Waals surface area contributed by atoms with Crippen molar-refractivity contribution in [1.82, 2.24) is 4.90 Å². The van der Waals surface area contributed by atoms with Crippen LogP contribution in [-0.4, -0.2) is 36.4 Å². The van der Waals surface area contributed by atoms with E-state index < -0.39 is 12.5 Å². The van der Waals surface area contributed by atoms with Crippen LogP contribution in [0.15, 0.2) is 54.6 Å². The summed E-state index contributed by atoms with van der Waals surface area (Å²) in [6.45, 7) is -2.13. The lowest BCUT2D eigenvalue weighted by Crippen LogP contribution is -2.30. The molecule has 27 heavy (non-hydrogen) atoms. The monoisotopic (exact) mass is 374 g/mol. The van der Waals surface area contributed by atoms with Crippen LogP contribution in [-0.2, 0) is 16.0 Å². The minimum Gasteiger partial charge on any atom is -0.433 e. The minimum atomic E-state index is -2.98. The van der Waals surface area contributed by atoms with Gasteiger partial charge >= 0.3 is 6.61 Å². The van der Waals surface area contributed by atoms with E-state index in [0.717, 1.165) is 5.56 Å². The standard InChI is InChI=1S/C20H20F2N2O3/c21-20(22)27-17-9-5-4-8-16(17)23-19(26)15-12-18(25)24(13-15)11-10-14-6-2-1-3-7-14/h1-9,15,20H,10-13H2,(H,23,26)/t15-/m1/s1. The normalized spacial score (nSPS) is 16.6. The van der Waals surface area contributed by atoms with Crippen molar-refractivity contribution >= 4 is 17.5 Å². The third kappa shape index (κ3) is 5.03. The SMILES string of the molecule is O=C(Nc1ccccc1OC(F)F)[C@@H]1CC(=O)N(CCc2ccccc2)C1. The van der Waals surface area contributed by atoms with Gasteiger partial charge in [0.1, 0.15) is 5.75 Å². The number of nitrogens with one attached hydrogen (secondary N) is 1. The maximum Gasteiger partial charge on any atom is 0.387 e. The summed E-state index contributed by atoms with van der Waals surface area (Å²) in [4.78, 5) is 26.3. The zero-order valence-corrected chi connectivity index (χ0v) is 14.6. The number of hydrogen-bond acceptors (Lipinski definition) is 3. The second kappa shape index (κ2) is 8.62. The minimum absolute atomic E-state index is 0.0804. The first-order valence-corrected chi connectivity index (χ1v) is 8.69. The molecule has 0 radical (unpaired) electrons. The molecule has 0 spiro atoms. The predicted molar refractivity (Wildman–Crippen MR) is 96.5 cm³/mol. The molecular weight excluding hydrogens is 354 g/mol. The van der Waals surface area contributed by atoms with Crippen LogP contribution in [0.25, 0.3) is 0 Å². The maximum atomic E-state index is 12.5. The maximum absolute atomic E-state index is 12.5. The molecule has 1 saturated heterocycles. The Hall–Kier alpha value is -2.96. The molecule has 1 atom stereocenters. The fraction of sp³-hybridized carbons (Fsp3) is 0.300. The van der Waals surface area contributed by atoms with Crippen LogP contribution < -0.4 is 10.1 Å². The number of hydrogen-bond donors (Lipinski definition) is 1. The van der Waals surface area contributed by atoms with Gasteiger partial charge in [0.15, 0.2) is 0 Å². The summed E-state index contributed by atoms with van der Waals surface area (Å²) in [5.74, 6) is -1.09. The Bertz CT molecular complexity index is 799. The molecule has 0 unspecified atom stereocenters. The highest BCUT2D eigenvalue weighted by Crippen LogP contribution is 2.27. The number of carbonyl (C=O) groups excluding carboxylic acids is 2. The average molecular weight is 374 g/mol. The summed E-state index contributed by atoms with van der Waals surface area (Å²) in [6.07, 6.45) is 0.824. The molecule has 7 heteroatoms. The fourth-order valence-corrected chi connectivity index (χ4v) is 3.08. The van der Waals surface area contributed by atoms with Gasteiger partial charge in [0, 0.05) is 19.5 Å². The number of anilines is 1. The van der Waals surface area contributed by atoms with Crippen molar-refractivity contribution in [3.8, 4) is 5.75 Å². The van der Waals surface area contributed by atoms with E-state index in [9.17, 15) is 18.4 Å². The average Bonchev–Trinajstić information content (AvgIpc) is 3.03. The third-order valence-corrected chi connectivity index (χ3v) is 4.46. The lowest BCUT2D eigenvalue weighted by molar-refractivity contribution is -0.128. The first kappa shape index (κ1) is 18.8. The lowest BCUT2D eigenvalue weighted by atomic mass is 10.1. The molecule has 1 fully saturated rings. The molecule has 1 heterocycles. The molecule has 1 N–H and O–H groups in total. The predicted octanol–water partition coefficient (Wildman–Crippen LogP) is 3.32. The second-order valence-corrected chi connectivity index (χ2v) is 6.34. The van der Waals surface area contributed by atoms with Crippen molar-refractivity contribution < 1.29 is 23.1 Å². The first-order chi connectivity index (χ1) is 13.0. The largest absolute Gasteiger partial charge is 0.433 e. The van der Waals surface area contributed by atoms with Crippen molar-refractivity contribution in [2.45, 2.75) is 19.5 Å². The van der Waals surface area contributed by atoms with Crippen LogP contribution in [0.5, 0.6) is 5.75 Å². The fourth-order valence-electron chi connectivity index (χ4n) is 3.08. The van der Waals surface area contributed by atoms with Gasteiger partial charge in [-0.1, -0.05) is 42.5 Å². The smallest absolute Gasteiger partial charge is 0.387 e. The summed E-state index contributed by atoms with van der Waals surface area (Å²) in [6, 6.07) is 15.8. The van der Waals surface area contributed by atoms with Crippen LogP contribution >= 0.6 is 0 Å². The van der Waals surface area contributed by atoms with E-state index in [1.807, 2.05) is 30.3 Å². The number of ether oxygens (including phenoxy) is 1. The Labute approximate surface area is 155 Å². The highest BCUT2D eigenvalue weighted by Gasteiger charge is 2.34. The van der Waals surface area contributed by atoms with Crippen LogP contribution in [0.1, 0.15) is 12.0 Å². The topological polar surface area (TPSA) is 58.6 Å². The van der Waals surface area contributed by atoms with E-state index in [4.69, 9.17) is 0 Å². The van der Waals surface area contributed by atoms with Crippen molar-refractivity contribution in [2.75, 3.05) is 18.4 Å². The number of benzene rings is 2. The molecular formula is C20H20F2N2O3. The highest BCUT2D eigenvalue weighted by molar-refractivity contribution is 5.98. The van der Waals surface area contributed by atoms with Gasteiger partial charge in [0.05, 0.1) is 11.6 Å². The van der Waals surface area contributed by atoms with Crippen LogP contribution in [0.4, 0.5) is 14.5 Å². The number of likely N-dealkylation sites (tertiary alicyclic amines) is 1. The summed E-state index contributed by atoms with van der Waals surface area (Å²) < 4.78 is 29.4. The molecule has 2 amide bonds. The zero-order chi connectivity index (χ0) is 19.2. The van der Waals surface area contributed by atoms with E-state index >= 15 is 0 Å². The van der Waals surface area contributed by atoms with Crippen LogP contribution in [0.2, 0.25) is 0 Å². The van der Waals surface area contributed by atoms with E-state index in [1.165, 1.54) is 18.2 Å². The molecule has 0 saturated carbocycles. The van der Waals surface area contributed by atoms with Gasteiger partial charge in [-0.25, -0.2) is 0 Å². The molecule has 1 aliphatic rings. The molecule has 0 bridgehead atoms. The number of carbonyl (C=O) groups is 2. The summed E-state index contributed by atoms with van der Waals surface area (Å²) in [5.41, 5.74) is 1.29. The number of amides is 2. The Morgan fingerprint density at radius 1 is 1.15 bits per heavy atom. The third-order valence-electron chi connectivity index (χ3n) is 4.46. The van der Waals surface area contributed by atoms with Gasteiger partial charge in [0.2, 0.25) is 11.8 Å². The van der Waals surface area contributed by atoms with Crippen molar-refractivity contribution in [3.05, 3.63) is 60.2 Å². The molecule has 3 rings (SSSR count). The zero-order valence-electron chi connectivity index (χ0n) is 14.6. The number of para-hydroxylation sites is 2. The van der Waals surface area contributed by atoms with Crippen LogP contribution in [0, 0.1) is 5.92 Å². The number of halogens is 2. The molecule has 2 aromatic rings. The Balaban J connectivity index is 1.58. The van der Waals surface area contributed by atoms with Crippen molar-refractivity contribution in [1.29, 1.82) is 0 Å². The Morgan fingerprint density at radius 3 is 2.59 bits per heavy atom. The van der Waals surface area contributed by atoms with E-state index in [-0.39, 0.29) is 29.7 Å². The second-order valence-electron chi connectivity index (χ2n) is 6.34. The molecule has 0 aromatic heterocycles. The number of nitrogens with zero attached hydrogens (tertiary/aromatic N) is 1. The molecule has 5 nitrogen and oxygen atoms in total. The molecule has 0 aliphatic carbocycles. The van der Waals surface area contributed by atoms with Gasteiger partial charge in [-0.05, 0) is 24.1 Å². The van der Waals surface area contributed by atoms with Gasteiger partial charge in [-0.2, -0.15) is 8.78 Å². The lowest BCUT2D eigenvalue weighted by Gasteiger charge is -2.17. The van der Waals surface area contributed by atoms with E-state index in [2.05, 4.69) is 10.1 Å². The molecule has 1 aliphatic heterocycles. The van der Waals surface area contributed by atoms with E-state index in [0.29, 0.717) is 19.5 Å². The van der Waals surface area contributed by atoms with Crippen LogP contribution in [0.3, 0.4) is 0 Å². The molecule has 2 aromatic carbocycles. The summed E-state index contributed by atoms with van der Waals surface area (Å²) in [7, 11) is 0. The van der Waals surface area contributed by atoms with Crippen molar-refractivity contribution in [3.63, 3.8) is 0 Å². The van der Waals surface area contributed by atoms with Crippen molar-refractivity contribution in [2.24, 2.45) is 5.92 Å². The van der Waals surface area contributed by atoms with Gasteiger partial charge in [-0.15, -0.1) is 0 Å². The summed E-state index contributed by atoms with van der Waals surface area (Å²) >= 11 is 0.